The van der Waals surface area contributed by atoms with Crippen LogP contribution in [-0.4, -0.2) is 27.4 Å². The Morgan fingerprint density at radius 3 is 0.375 bits per heavy atom. The summed E-state index contributed by atoms with van der Waals surface area (Å²) in [4.78, 5) is 0. The molecule has 0 heterocycles. The minimum Gasteiger partial charge on any atom is -1.00 e. The molecule has 64 valence electrons. The van der Waals surface area contributed by atoms with Crippen LogP contribution < -0.4 is 9.41 Å². The van der Waals surface area contributed by atoms with Crippen LogP contribution in [-0.2, 0) is 16.5 Å². The summed E-state index contributed by atoms with van der Waals surface area (Å²) in [5.74, 6) is 0. The van der Waals surface area contributed by atoms with E-state index in [0.29, 0.717) is 0 Å². The second-order valence-corrected chi connectivity index (χ2v) is 0. The van der Waals surface area contributed by atoms with E-state index in [9.17, 15) is 0 Å². The number of rotatable bonds is 0. The van der Waals surface area contributed by atoms with Gasteiger partial charge in [0.1, 0.15) is 0 Å². The normalized spacial score (nSPS) is 0. The van der Waals surface area contributed by atoms with Gasteiger partial charge in [-0.3, -0.25) is 0 Å². The predicted octanol–water partition coefficient (Wildman–Crippen LogP) is -10.1. The quantitative estimate of drug-likeness (QED) is 0.329. The monoisotopic (exact) mass is 186 g/mol. The van der Waals surface area contributed by atoms with E-state index in [0.717, 1.165) is 0 Å². The Balaban J connectivity index is 0. The van der Waals surface area contributed by atoms with Gasteiger partial charge in [-0.05, 0) is 0 Å². The second kappa shape index (κ2) is 11500. The van der Waals surface area contributed by atoms with E-state index >= 15 is 0 Å². The predicted molar refractivity (Wildman–Crippen MR) is 18.1 cm³/mol. The second-order valence-electron chi connectivity index (χ2n) is 0. The van der Waals surface area contributed by atoms with Crippen molar-refractivity contribution in [3.8, 4) is 0 Å². The Labute approximate surface area is 54.3 Å². The van der Waals surface area contributed by atoms with Crippen molar-refractivity contribution in [3.63, 3.8) is 0 Å². The Bertz CT molecular complexity index is 10.4. The number of hydrogen-bond acceptors (Lipinski definition) is 0. The Kier molecular flexibility index (Phi) is 25400000. The molecular formula is H10F2NiO5. The Hall–Kier alpha value is 0.154. The zero-order valence-electron chi connectivity index (χ0n) is 3.57. The summed E-state index contributed by atoms with van der Waals surface area (Å²) < 4.78 is 0. The fraction of sp³-hybridized carbons (Fsp3) is 0. The molecule has 0 fully saturated rings. The fourth-order valence-electron chi connectivity index (χ4n) is 0. The van der Waals surface area contributed by atoms with Gasteiger partial charge >= 0.3 is 16.5 Å². The van der Waals surface area contributed by atoms with Crippen LogP contribution in [0.4, 0.5) is 0 Å². The van der Waals surface area contributed by atoms with Crippen LogP contribution in [0.2, 0.25) is 0 Å². The topological polar surface area (TPSA) is 158 Å². The SMILES string of the molecule is O.O.O.O.O.[F-].[F-].[Ni+2]. The first-order valence-electron chi connectivity index (χ1n) is 0. The Morgan fingerprint density at radius 2 is 0.375 bits per heavy atom. The first-order valence-corrected chi connectivity index (χ1v) is 0. The van der Waals surface area contributed by atoms with Gasteiger partial charge in [0.15, 0.2) is 0 Å². The third-order valence-electron chi connectivity index (χ3n) is 0. The molecule has 8 heteroatoms. The molecule has 0 saturated heterocycles. The third kappa shape index (κ3) is 6940. The molecule has 0 radical (unpaired) electrons. The van der Waals surface area contributed by atoms with Crippen molar-refractivity contribution in [1.29, 1.82) is 0 Å². The van der Waals surface area contributed by atoms with Crippen molar-refractivity contribution >= 4 is 0 Å². The molecule has 0 aromatic carbocycles. The van der Waals surface area contributed by atoms with E-state index in [1.807, 2.05) is 0 Å². The summed E-state index contributed by atoms with van der Waals surface area (Å²) in [7, 11) is 0. The van der Waals surface area contributed by atoms with Crippen LogP contribution in [0.25, 0.3) is 0 Å². The van der Waals surface area contributed by atoms with Crippen molar-refractivity contribution in [1.82, 2.24) is 0 Å². The fourth-order valence-corrected chi connectivity index (χ4v) is 0. The van der Waals surface area contributed by atoms with Gasteiger partial charge in [-0.1, -0.05) is 0 Å². The molecule has 0 bridgehead atoms. The maximum absolute atomic E-state index is 0. The average Bonchev–Trinajstić information content (AvgIpc) is 0. The van der Waals surface area contributed by atoms with Gasteiger partial charge in [-0.15, -0.1) is 0 Å². The van der Waals surface area contributed by atoms with E-state index in [-0.39, 0.29) is 53.3 Å². The van der Waals surface area contributed by atoms with Crippen LogP contribution >= 0.6 is 0 Å². The number of halogens is 2. The van der Waals surface area contributed by atoms with Crippen LogP contribution in [0, 0.1) is 0 Å². The van der Waals surface area contributed by atoms with Crippen molar-refractivity contribution in [2.24, 2.45) is 0 Å². The van der Waals surface area contributed by atoms with Crippen molar-refractivity contribution in [3.05, 3.63) is 0 Å². The molecule has 0 atom stereocenters. The van der Waals surface area contributed by atoms with Crippen molar-refractivity contribution < 1.29 is 53.3 Å². The summed E-state index contributed by atoms with van der Waals surface area (Å²) in [6.07, 6.45) is 0. The van der Waals surface area contributed by atoms with Crippen LogP contribution in [0.1, 0.15) is 0 Å². The minimum atomic E-state index is 0. The Morgan fingerprint density at radius 1 is 0.375 bits per heavy atom. The molecule has 0 aliphatic rings. The van der Waals surface area contributed by atoms with Crippen LogP contribution in [0.15, 0.2) is 0 Å². The van der Waals surface area contributed by atoms with Gasteiger partial charge in [0.05, 0.1) is 0 Å². The zero-order chi connectivity index (χ0) is 0. The summed E-state index contributed by atoms with van der Waals surface area (Å²) in [6, 6.07) is 0. The molecular weight excluding hydrogens is 177 g/mol. The summed E-state index contributed by atoms with van der Waals surface area (Å²) in [6.45, 7) is 0. The summed E-state index contributed by atoms with van der Waals surface area (Å²) in [5.41, 5.74) is 0. The standard InChI is InChI=1S/2FH.Ni.5H2O/h2*1H;;5*1H2/q;;+2;;;;;/p-2. The molecule has 0 saturated carbocycles. The molecule has 0 aliphatic heterocycles. The molecule has 0 spiro atoms. The van der Waals surface area contributed by atoms with E-state index in [4.69, 9.17) is 0 Å². The maximum atomic E-state index is 0. The summed E-state index contributed by atoms with van der Waals surface area (Å²) >= 11 is 0. The third-order valence-corrected chi connectivity index (χ3v) is 0. The first kappa shape index (κ1) is 17700. The van der Waals surface area contributed by atoms with Gasteiger partial charge in [0.25, 0.3) is 0 Å². The van der Waals surface area contributed by atoms with E-state index in [1.165, 1.54) is 0 Å². The number of hydrogen-bond donors (Lipinski definition) is 0. The molecule has 0 aliphatic carbocycles. The zero-order valence-corrected chi connectivity index (χ0v) is 4.56. The first-order chi connectivity index (χ1) is 0. The molecule has 10 N–H and O–H groups in total. The van der Waals surface area contributed by atoms with E-state index in [1.54, 1.807) is 0 Å². The molecule has 0 amide bonds. The van der Waals surface area contributed by atoms with Gasteiger partial charge in [0.2, 0.25) is 0 Å². The van der Waals surface area contributed by atoms with Crippen molar-refractivity contribution in [2.75, 3.05) is 0 Å². The minimum absolute atomic E-state index is 0. The van der Waals surface area contributed by atoms with Gasteiger partial charge < -0.3 is 36.8 Å². The van der Waals surface area contributed by atoms with Gasteiger partial charge in [-0.2, -0.15) is 0 Å². The van der Waals surface area contributed by atoms with Crippen LogP contribution in [0.3, 0.4) is 0 Å². The van der Waals surface area contributed by atoms with E-state index < -0.39 is 0 Å². The largest absolute Gasteiger partial charge is 2.00 e. The van der Waals surface area contributed by atoms with Gasteiger partial charge in [0, 0.05) is 0 Å². The van der Waals surface area contributed by atoms with Crippen LogP contribution in [0.5, 0.6) is 0 Å². The average molecular weight is 187 g/mol. The molecule has 0 rings (SSSR count). The maximum Gasteiger partial charge on any atom is 2.00 e. The van der Waals surface area contributed by atoms with Crippen molar-refractivity contribution in [2.45, 2.75) is 0 Å². The molecule has 0 aromatic heterocycles. The van der Waals surface area contributed by atoms with Gasteiger partial charge in [-0.25, -0.2) is 0 Å². The molecule has 8 heavy (non-hydrogen) atoms. The van der Waals surface area contributed by atoms with E-state index in [2.05, 4.69) is 0 Å². The smallest absolute Gasteiger partial charge is 1.00 e. The molecule has 0 aromatic rings. The molecule has 0 unspecified atom stereocenters. The molecule has 5 nitrogen and oxygen atoms in total. The summed E-state index contributed by atoms with van der Waals surface area (Å²) in [5, 5.41) is 0.